The number of rotatable bonds is 5. The summed E-state index contributed by atoms with van der Waals surface area (Å²) in [6.45, 7) is 0.910. The number of carbonyl (C=O) groups excluding carboxylic acids is 1. The van der Waals surface area contributed by atoms with Gasteiger partial charge in [-0.15, -0.1) is 0 Å². The largest absolute Gasteiger partial charge is 0.484 e. The molecule has 4 fully saturated rings. The second kappa shape index (κ2) is 6.01. The lowest BCUT2D eigenvalue weighted by atomic mass is 9.49. The number of nitrogens with one attached hydrogen (secondary N) is 1. The summed E-state index contributed by atoms with van der Waals surface area (Å²) in [6, 6.07) is 7.11. The average molecular weight is 334 g/mol. The van der Waals surface area contributed by atoms with Crippen molar-refractivity contribution in [2.75, 3.05) is 13.2 Å². The fraction of sp³-hybridized carbons (Fsp3) is 0.632. The molecule has 4 heteroatoms. The molecule has 0 heterocycles. The number of hydrogen-bond acceptors (Lipinski definition) is 2. The zero-order valence-electron chi connectivity index (χ0n) is 13.4. The van der Waals surface area contributed by atoms with Gasteiger partial charge in [0.15, 0.2) is 6.61 Å². The van der Waals surface area contributed by atoms with E-state index >= 15 is 0 Å². The summed E-state index contributed by atoms with van der Waals surface area (Å²) in [4.78, 5) is 12.1. The van der Waals surface area contributed by atoms with Crippen molar-refractivity contribution >= 4 is 17.5 Å². The zero-order valence-corrected chi connectivity index (χ0v) is 14.1. The number of benzene rings is 1. The van der Waals surface area contributed by atoms with Gasteiger partial charge in [0.1, 0.15) is 5.75 Å². The molecule has 0 spiro atoms. The molecule has 4 aliphatic carbocycles. The second-order valence-electron chi connectivity index (χ2n) is 7.94. The number of amides is 1. The third-order valence-corrected chi connectivity index (χ3v) is 6.26. The first-order valence-corrected chi connectivity index (χ1v) is 9.13. The van der Waals surface area contributed by atoms with E-state index in [2.05, 4.69) is 5.32 Å². The summed E-state index contributed by atoms with van der Waals surface area (Å²) in [6.07, 6.45) is 8.26. The molecular formula is C19H24ClNO2. The van der Waals surface area contributed by atoms with Gasteiger partial charge in [0, 0.05) is 11.6 Å². The van der Waals surface area contributed by atoms with Gasteiger partial charge in [-0.3, -0.25) is 4.79 Å². The standard InChI is InChI=1S/C19H24ClNO2/c20-16-1-3-17(4-2-16)23-11-18(22)21-12-19-8-13-5-14(9-19)7-15(6-13)10-19/h1-4,13-15H,5-12H2,(H,21,22). The number of carbonyl (C=O) groups is 1. The molecule has 4 aliphatic rings. The maximum atomic E-state index is 12.1. The monoisotopic (exact) mass is 333 g/mol. The van der Waals surface area contributed by atoms with Crippen LogP contribution in [0.25, 0.3) is 0 Å². The van der Waals surface area contributed by atoms with Gasteiger partial charge in [-0.25, -0.2) is 0 Å². The molecule has 0 aliphatic heterocycles. The third-order valence-electron chi connectivity index (χ3n) is 6.01. The van der Waals surface area contributed by atoms with Crippen molar-refractivity contribution in [1.29, 1.82) is 0 Å². The predicted octanol–water partition coefficient (Wildman–Crippen LogP) is 4.05. The minimum Gasteiger partial charge on any atom is -0.484 e. The highest BCUT2D eigenvalue weighted by Crippen LogP contribution is 2.59. The predicted molar refractivity (Wildman–Crippen MR) is 90.6 cm³/mol. The molecule has 0 aromatic heterocycles. The lowest BCUT2D eigenvalue weighted by Gasteiger charge is -2.56. The van der Waals surface area contributed by atoms with E-state index in [9.17, 15) is 4.79 Å². The lowest BCUT2D eigenvalue weighted by Crippen LogP contribution is -2.51. The Balaban J connectivity index is 1.27. The minimum absolute atomic E-state index is 0.0179. The molecule has 3 nitrogen and oxygen atoms in total. The van der Waals surface area contributed by atoms with E-state index in [1.54, 1.807) is 24.3 Å². The van der Waals surface area contributed by atoms with Gasteiger partial charge in [-0.05, 0) is 86.0 Å². The second-order valence-corrected chi connectivity index (χ2v) is 8.37. The first-order valence-electron chi connectivity index (χ1n) is 8.75. The first-order chi connectivity index (χ1) is 11.1. The van der Waals surface area contributed by atoms with Gasteiger partial charge in [-0.2, -0.15) is 0 Å². The van der Waals surface area contributed by atoms with Gasteiger partial charge in [0.05, 0.1) is 0 Å². The van der Waals surface area contributed by atoms with Crippen LogP contribution in [-0.4, -0.2) is 19.1 Å². The summed E-state index contributed by atoms with van der Waals surface area (Å²) < 4.78 is 5.52. The van der Waals surface area contributed by atoms with Gasteiger partial charge in [0.25, 0.3) is 5.91 Å². The molecule has 0 unspecified atom stereocenters. The van der Waals surface area contributed by atoms with Crippen LogP contribution in [0.4, 0.5) is 0 Å². The summed E-state index contributed by atoms with van der Waals surface area (Å²) in [5.74, 6) is 3.42. The van der Waals surface area contributed by atoms with Crippen LogP contribution in [0.5, 0.6) is 5.75 Å². The first kappa shape index (κ1) is 15.3. The SMILES string of the molecule is O=C(COc1ccc(Cl)cc1)NCC12CC3CC(CC(C3)C1)C2. The summed E-state index contributed by atoms with van der Waals surface area (Å²) in [5, 5.41) is 3.80. The van der Waals surface area contributed by atoms with Crippen LogP contribution >= 0.6 is 11.6 Å². The average Bonchev–Trinajstić information content (AvgIpc) is 2.51. The normalized spacial score (nSPS) is 34.4. The van der Waals surface area contributed by atoms with E-state index in [1.807, 2.05) is 0 Å². The van der Waals surface area contributed by atoms with Gasteiger partial charge >= 0.3 is 0 Å². The quantitative estimate of drug-likeness (QED) is 0.882. The molecule has 4 saturated carbocycles. The van der Waals surface area contributed by atoms with Crippen LogP contribution < -0.4 is 10.1 Å². The Labute approximate surface area is 142 Å². The molecule has 1 aromatic rings. The Bertz CT molecular complexity index is 548. The molecule has 0 saturated heterocycles. The molecule has 23 heavy (non-hydrogen) atoms. The Kier molecular flexibility index (Phi) is 4.00. The van der Waals surface area contributed by atoms with Crippen LogP contribution in [0.15, 0.2) is 24.3 Å². The fourth-order valence-corrected chi connectivity index (χ4v) is 5.65. The summed E-state index contributed by atoms with van der Waals surface area (Å²) in [5.41, 5.74) is 0.380. The Morgan fingerprint density at radius 2 is 1.65 bits per heavy atom. The molecule has 1 aromatic carbocycles. The number of hydrogen-bond donors (Lipinski definition) is 1. The van der Waals surface area contributed by atoms with Gasteiger partial charge in [-0.1, -0.05) is 11.6 Å². The topological polar surface area (TPSA) is 38.3 Å². The zero-order chi connectivity index (χ0) is 15.9. The highest BCUT2D eigenvalue weighted by Gasteiger charge is 2.50. The van der Waals surface area contributed by atoms with Crippen LogP contribution in [-0.2, 0) is 4.79 Å². The smallest absolute Gasteiger partial charge is 0.257 e. The fourth-order valence-electron chi connectivity index (χ4n) is 5.52. The Hall–Kier alpha value is -1.22. The Morgan fingerprint density at radius 1 is 1.09 bits per heavy atom. The van der Waals surface area contributed by atoms with E-state index in [0.29, 0.717) is 16.2 Å². The van der Waals surface area contributed by atoms with Crippen LogP contribution in [0.2, 0.25) is 5.02 Å². The van der Waals surface area contributed by atoms with Crippen molar-refractivity contribution in [1.82, 2.24) is 5.32 Å². The van der Waals surface area contributed by atoms with Crippen LogP contribution in [0.1, 0.15) is 38.5 Å². The molecule has 5 rings (SSSR count). The lowest BCUT2D eigenvalue weighted by molar-refractivity contribution is -0.125. The third kappa shape index (κ3) is 3.35. The van der Waals surface area contributed by atoms with E-state index in [-0.39, 0.29) is 12.5 Å². The molecule has 124 valence electrons. The van der Waals surface area contributed by atoms with E-state index in [4.69, 9.17) is 16.3 Å². The van der Waals surface area contributed by atoms with Crippen molar-refractivity contribution in [3.05, 3.63) is 29.3 Å². The molecule has 1 amide bonds. The van der Waals surface area contributed by atoms with Crippen LogP contribution in [0.3, 0.4) is 0 Å². The summed E-state index contributed by atoms with van der Waals surface area (Å²) >= 11 is 5.84. The van der Waals surface area contributed by atoms with Crippen molar-refractivity contribution in [3.8, 4) is 5.75 Å². The highest BCUT2D eigenvalue weighted by molar-refractivity contribution is 6.30. The molecule has 0 radical (unpaired) electrons. The van der Waals surface area contributed by atoms with Gasteiger partial charge in [0.2, 0.25) is 0 Å². The number of ether oxygens (including phenoxy) is 1. The summed E-state index contributed by atoms with van der Waals surface area (Å²) in [7, 11) is 0. The van der Waals surface area contributed by atoms with Gasteiger partial charge < -0.3 is 10.1 Å². The van der Waals surface area contributed by atoms with E-state index in [0.717, 1.165) is 24.3 Å². The highest BCUT2D eigenvalue weighted by atomic mass is 35.5. The van der Waals surface area contributed by atoms with E-state index < -0.39 is 0 Å². The minimum atomic E-state index is -0.0179. The van der Waals surface area contributed by atoms with Crippen molar-refractivity contribution in [3.63, 3.8) is 0 Å². The Morgan fingerprint density at radius 3 is 2.22 bits per heavy atom. The van der Waals surface area contributed by atoms with Crippen molar-refractivity contribution in [2.45, 2.75) is 38.5 Å². The van der Waals surface area contributed by atoms with E-state index in [1.165, 1.54) is 38.5 Å². The van der Waals surface area contributed by atoms with Crippen molar-refractivity contribution < 1.29 is 9.53 Å². The van der Waals surface area contributed by atoms with Crippen LogP contribution in [0, 0.1) is 23.2 Å². The molecule has 1 N–H and O–H groups in total. The molecule has 0 atom stereocenters. The molecule has 4 bridgehead atoms. The molecular weight excluding hydrogens is 310 g/mol. The number of halogens is 1. The maximum absolute atomic E-state index is 12.1. The van der Waals surface area contributed by atoms with Crippen molar-refractivity contribution in [2.24, 2.45) is 23.2 Å². The maximum Gasteiger partial charge on any atom is 0.257 e.